The van der Waals surface area contributed by atoms with Crippen molar-refractivity contribution >= 4 is 5.91 Å². The Morgan fingerprint density at radius 1 is 1.11 bits per heavy atom. The Morgan fingerprint density at radius 2 is 1.93 bits per heavy atom. The number of aromatic nitrogens is 3. The molecule has 4 rings (SSSR count). The quantitative estimate of drug-likeness (QED) is 0.866. The summed E-state index contributed by atoms with van der Waals surface area (Å²) in [6.45, 7) is 4.36. The molecule has 2 aliphatic rings. The normalized spacial score (nSPS) is 22.3. The van der Waals surface area contributed by atoms with Crippen molar-refractivity contribution in [2.45, 2.75) is 25.8 Å². The summed E-state index contributed by atoms with van der Waals surface area (Å²) in [7, 11) is 0. The molecule has 2 fully saturated rings. The van der Waals surface area contributed by atoms with Gasteiger partial charge >= 0.3 is 0 Å². The third-order valence-corrected chi connectivity index (χ3v) is 6.49. The molecule has 2 aliphatic heterocycles. The van der Waals surface area contributed by atoms with E-state index in [1.54, 1.807) is 12.3 Å². The van der Waals surface area contributed by atoms with E-state index in [0.717, 1.165) is 51.1 Å². The van der Waals surface area contributed by atoms with Gasteiger partial charge in [0.1, 0.15) is 0 Å². The van der Waals surface area contributed by atoms with Crippen LogP contribution in [0.15, 0.2) is 42.9 Å². The summed E-state index contributed by atoms with van der Waals surface area (Å²) >= 11 is 0. The highest BCUT2D eigenvalue weighted by Gasteiger charge is 2.45. The summed E-state index contributed by atoms with van der Waals surface area (Å²) in [5, 5.41) is 17.6. The number of aliphatic hydroxyl groups excluding tert-OH is 1. The fourth-order valence-electron chi connectivity index (χ4n) is 4.68. The van der Waals surface area contributed by atoms with Gasteiger partial charge in [0.2, 0.25) is 0 Å². The summed E-state index contributed by atoms with van der Waals surface area (Å²) in [4.78, 5) is 21.5. The zero-order chi connectivity index (χ0) is 19.4. The van der Waals surface area contributed by atoms with Crippen LogP contribution in [0.25, 0.3) is 0 Å². The number of carbonyl (C=O) groups is 1. The van der Waals surface area contributed by atoms with E-state index in [1.165, 1.54) is 6.20 Å². The Bertz CT molecular complexity index is 778. The maximum atomic E-state index is 12.7. The fourth-order valence-corrected chi connectivity index (χ4v) is 4.68. The van der Waals surface area contributed by atoms with Gasteiger partial charge in [-0.05, 0) is 56.0 Å². The minimum Gasteiger partial charge on any atom is -0.396 e. The molecule has 28 heavy (non-hydrogen) atoms. The topological polar surface area (TPSA) is 82.5 Å². The first-order chi connectivity index (χ1) is 13.7. The Labute approximate surface area is 165 Å². The minimum atomic E-state index is -0.0178. The van der Waals surface area contributed by atoms with Crippen molar-refractivity contribution in [3.8, 4) is 0 Å². The van der Waals surface area contributed by atoms with Crippen LogP contribution >= 0.6 is 0 Å². The van der Waals surface area contributed by atoms with Crippen molar-refractivity contribution in [3.05, 3.63) is 54.1 Å². The molecule has 2 aromatic heterocycles. The monoisotopic (exact) mass is 381 g/mol. The third kappa shape index (κ3) is 3.91. The lowest BCUT2D eigenvalue weighted by Crippen LogP contribution is -2.54. The summed E-state index contributed by atoms with van der Waals surface area (Å²) in [6, 6.07) is 7.74. The molecule has 1 N–H and O–H groups in total. The van der Waals surface area contributed by atoms with E-state index < -0.39 is 0 Å². The average molecular weight is 381 g/mol. The van der Waals surface area contributed by atoms with E-state index >= 15 is 0 Å². The second-order valence-corrected chi connectivity index (χ2v) is 7.97. The first kappa shape index (κ1) is 19.0. The lowest BCUT2D eigenvalue weighted by atomic mass is 9.64. The maximum absolute atomic E-state index is 12.7. The van der Waals surface area contributed by atoms with Gasteiger partial charge < -0.3 is 10.0 Å². The zero-order valence-electron chi connectivity index (χ0n) is 16.1. The Kier molecular flexibility index (Phi) is 5.64. The first-order valence-corrected chi connectivity index (χ1v) is 9.99. The van der Waals surface area contributed by atoms with Crippen LogP contribution in [0, 0.1) is 11.3 Å². The first-order valence-electron chi connectivity index (χ1n) is 9.99. The highest BCUT2D eigenvalue weighted by atomic mass is 16.3. The molecule has 2 saturated heterocycles. The van der Waals surface area contributed by atoms with Gasteiger partial charge in [-0.25, -0.2) is 0 Å². The largest absolute Gasteiger partial charge is 0.396 e. The summed E-state index contributed by atoms with van der Waals surface area (Å²) < 4.78 is 0. The number of pyridine rings is 1. The molecule has 7 nitrogen and oxygen atoms in total. The summed E-state index contributed by atoms with van der Waals surface area (Å²) in [6.07, 6.45) is 7.96. The second-order valence-electron chi connectivity index (χ2n) is 7.97. The predicted octanol–water partition coefficient (Wildman–Crippen LogP) is 1.61. The van der Waals surface area contributed by atoms with Gasteiger partial charge in [-0.2, -0.15) is 10.2 Å². The Hall–Kier alpha value is -2.38. The van der Waals surface area contributed by atoms with Gasteiger partial charge in [-0.3, -0.25) is 14.7 Å². The number of amides is 1. The molecular formula is C21H27N5O2. The zero-order valence-corrected chi connectivity index (χ0v) is 16.1. The predicted molar refractivity (Wildman–Crippen MR) is 104 cm³/mol. The van der Waals surface area contributed by atoms with Crippen LogP contribution in [0.2, 0.25) is 0 Å². The van der Waals surface area contributed by atoms with Gasteiger partial charge in [0.25, 0.3) is 5.91 Å². The molecule has 4 heterocycles. The minimum absolute atomic E-state index is 0.0178. The summed E-state index contributed by atoms with van der Waals surface area (Å²) in [5.41, 5.74) is 1.79. The van der Waals surface area contributed by atoms with Crippen LogP contribution in [0.3, 0.4) is 0 Å². The van der Waals surface area contributed by atoms with Gasteiger partial charge in [-0.15, -0.1) is 0 Å². The molecule has 1 unspecified atom stereocenters. The lowest BCUT2D eigenvalue weighted by Gasteiger charge is -2.51. The van der Waals surface area contributed by atoms with Crippen molar-refractivity contribution in [1.82, 2.24) is 25.0 Å². The number of rotatable bonds is 4. The molecule has 1 amide bonds. The van der Waals surface area contributed by atoms with E-state index in [0.29, 0.717) is 12.1 Å². The maximum Gasteiger partial charge on any atom is 0.255 e. The highest BCUT2D eigenvalue weighted by molar-refractivity contribution is 5.93. The van der Waals surface area contributed by atoms with Gasteiger partial charge in [0.15, 0.2) is 0 Å². The van der Waals surface area contributed by atoms with E-state index in [9.17, 15) is 9.90 Å². The Morgan fingerprint density at radius 3 is 2.61 bits per heavy atom. The van der Waals surface area contributed by atoms with E-state index in [4.69, 9.17) is 0 Å². The number of carbonyl (C=O) groups excluding carboxylic acids is 1. The number of aliphatic hydroxyl groups is 1. The van der Waals surface area contributed by atoms with Crippen LogP contribution in [0.5, 0.6) is 0 Å². The molecule has 1 spiro atoms. The average Bonchev–Trinajstić information content (AvgIpc) is 2.76. The van der Waals surface area contributed by atoms with E-state index in [2.05, 4.69) is 26.1 Å². The molecule has 2 aromatic rings. The summed E-state index contributed by atoms with van der Waals surface area (Å²) in [5.74, 6) is 0.104. The molecular weight excluding hydrogens is 354 g/mol. The van der Waals surface area contributed by atoms with Crippen molar-refractivity contribution in [2.75, 3.05) is 32.8 Å². The van der Waals surface area contributed by atoms with Crippen LogP contribution in [0.4, 0.5) is 0 Å². The molecule has 1 atom stereocenters. The van der Waals surface area contributed by atoms with Gasteiger partial charge in [0, 0.05) is 38.4 Å². The van der Waals surface area contributed by atoms with Crippen LogP contribution in [-0.2, 0) is 6.54 Å². The fraction of sp³-hybridized carbons (Fsp3) is 0.524. The van der Waals surface area contributed by atoms with Gasteiger partial charge in [-0.1, -0.05) is 6.07 Å². The molecule has 7 heteroatoms. The van der Waals surface area contributed by atoms with E-state index in [-0.39, 0.29) is 23.8 Å². The SMILES string of the molecule is O=C(c1ccnnc1)N1CCC2(CCN(Cc3ccccn3)CC2)C(CO)C1. The number of hydrogen-bond donors (Lipinski definition) is 1. The second kappa shape index (κ2) is 8.32. The van der Waals surface area contributed by atoms with Crippen molar-refractivity contribution in [3.63, 3.8) is 0 Å². The molecule has 0 aliphatic carbocycles. The molecule has 148 valence electrons. The van der Waals surface area contributed by atoms with Crippen molar-refractivity contribution in [1.29, 1.82) is 0 Å². The standard InChI is InChI=1S/C21H27N5O2/c27-16-18-14-26(20(28)17-4-9-23-24-13-17)12-7-21(18)5-10-25(11-6-21)15-19-3-1-2-8-22-19/h1-4,8-9,13,18,27H,5-7,10-12,14-16H2. The van der Waals surface area contributed by atoms with Crippen molar-refractivity contribution in [2.24, 2.45) is 11.3 Å². The van der Waals surface area contributed by atoms with Crippen LogP contribution in [0.1, 0.15) is 35.3 Å². The third-order valence-electron chi connectivity index (χ3n) is 6.49. The number of piperidine rings is 2. The highest BCUT2D eigenvalue weighted by Crippen LogP contribution is 2.45. The lowest BCUT2D eigenvalue weighted by molar-refractivity contribution is -0.0366. The Balaban J connectivity index is 1.38. The van der Waals surface area contributed by atoms with Crippen LogP contribution < -0.4 is 0 Å². The molecule has 0 radical (unpaired) electrons. The smallest absolute Gasteiger partial charge is 0.255 e. The number of likely N-dealkylation sites (tertiary alicyclic amines) is 2. The van der Waals surface area contributed by atoms with E-state index in [1.807, 2.05) is 23.2 Å². The van der Waals surface area contributed by atoms with Crippen molar-refractivity contribution < 1.29 is 9.90 Å². The number of nitrogens with zero attached hydrogens (tertiary/aromatic N) is 5. The number of hydrogen-bond acceptors (Lipinski definition) is 6. The van der Waals surface area contributed by atoms with Gasteiger partial charge in [0.05, 0.1) is 23.7 Å². The van der Waals surface area contributed by atoms with Crippen LogP contribution in [-0.4, -0.2) is 68.8 Å². The molecule has 0 saturated carbocycles. The molecule has 0 aromatic carbocycles. The molecule has 0 bridgehead atoms.